The van der Waals surface area contributed by atoms with Crippen LogP contribution in [-0.2, 0) is 16.2 Å². The summed E-state index contributed by atoms with van der Waals surface area (Å²) in [4.78, 5) is 2.44. The van der Waals surface area contributed by atoms with E-state index in [1.165, 1.54) is 146 Å². The highest BCUT2D eigenvalue weighted by Gasteiger charge is 2.43. The highest BCUT2D eigenvalue weighted by molar-refractivity contribution is 5.85. The largest absolute Gasteiger partial charge is 0.311 e. The first-order valence-corrected chi connectivity index (χ1v) is 24.8. The smallest absolute Gasteiger partial charge is 0.0462 e. The summed E-state index contributed by atoms with van der Waals surface area (Å²) in [5.74, 6) is 0.549. The summed E-state index contributed by atoms with van der Waals surface area (Å²) in [6.45, 7) is 23.4. The van der Waals surface area contributed by atoms with E-state index in [0.29, 0.717) is 5.92 Å². The molecule has 61 heavy (non-hydrogen) atoms. The Morgan fingerprint density at radius 1 is 0.475 bits per heavy atom. The lowest BCUT2D eigenvalue weighted by Gasteiger charge is -2.34. The maximum absolute atomic E-state index is 2.64. The summed E-state index contributed by atoms with van der Waals surface area (Å²) >= 11 is 0. The Kier molecular flexibility index (Phi) is 15.9. The third-order valence-corrected chi connectivity index (χ3v) is 14.7. The van der Waals surface area contributed by atoms with Gasteiger partial charge in [0, 0.05) is 22.5 Å². The first kappa shape index (κ1) is 46.4. The fourth-order valence-electron chi connectivity index (χ4n) is 9.92. The fraction of sp³-hybridized carbons (Fsp3) is 0.500. The molecule has 1 aliphatic carbocycles. The molecule has 5 aromatic carbocycles. The number of benzene rings is 5. The predicted octanol–water partition coefficient (Wildman–Crippen LogP) is 19.1. The van der Waals surface area contributed by atoms with Gasteiger partial charge in [0.15, 0.2) is 0 Å². The molecular weight excluding hydrogens is 735 g/mol. The number of fused-ring (bicyclic) bond motifs is 3. The van der Waals surface area contributed by atoms with Crippen LogP contribution in [0.3, 0.4) is 0 Å². The van der Waals surface area contributed by atoms with Gasteiger partial charge in [-0.25, -0.2) is 0 Å². The van der Waals surface area contributed by atoms with Crippen molar-refractivity contribution in [3.05, 3.63) is 137 Å². The van der Waals surface area contributed by atoms with Gasteiger partial charge in [-0.2, -0.15) is 0 Å². The van der Waals surface area contributed by atoms with Gasteiger partial charge >= 0.3 is 0 Å². The second-order valence-electron chi connectivity index (χ2n) is 20.5. The average molecular weight is 816 g/mol. The zero-order valence-corrected chi connectivity index (χ0v) is 40.2. The topological polar surface area (TPSA) is 3.24 Å². The van der Waals surface area contributed by atoms with E-state index in [1.54, 1.807) is 11.1 Å². The van der Waals surface area contributed by atoms with Crippen molar-refractivity contribution in [2.24, 2.45) is 0 Å². The zero-order chi connectivity index (χ0) is 43.6. The maximum atomic E-state index is 2.64. The summed E-state index contributed by atoms with van der Waals surface area (Å²) in [5.41, 5.74) is 16.9. The minimum atomic E-state index is 0.0497. The number of hydrogen-bond acceptors (Lipinski definition) is 1. The number of unbranched alkanes of at least 4 members (excludes halogenated alkanes) is 10. The third-order valence-electron chi connectivity index (χ3n) is 14.7. The van der Waals surface area contributed by atoms with Gasteiger partial charge in [-0.3, -0.25) is 0 Å². The summed E-state index contributed by atoms with van der Waals surface area (Å²) in [7, 11) is 0. The van der Waals surface area contributed by atoms with Gasteiger partial charge in [0.05, 0.1) is 0 Å². The van der Waals surface area contributed by atoms with Crippen LogP contribution in [-0.4, -0.2) is 0 Å². The van der Waals surface area contributed by atoms with Crippen LogP contribution in [0.5, 0.6) is 0 Å². The van der Waals surface area contributed by atoms with Crippen molar-refractivity contribution in [2.45, 2.75) is 194 Å². The molecule has 0 heterocycles. The summed E-state index contributed by atoms with van der Waals surface area (Å²) in [6.07, 6.45) is 20.8. The van der Waals surface area contributed by atoms with Gasteiger partial charge in [0.2, 0.25) is 0 Å². The molecule has 0 fully saturated rings. The number of nitrogens with zero attached hydrogens (tertiary/aromatic N) is 1. The van der Waals surface area contributed by atoms with E-state index in [4.69, 9.17) is 0 Å². The Bertz CT molecular complexity index is 2090. The molecule has 326 valence electrons. The fourth-order valence-corrected chi connectivity index (χ4v) is 9.92. The van der Waals surface area contributed by atoms with Crippen molar-refractivity contribution in [2.75, 3.05) is 4.90 Å². The molecule has 1 nitrogen and oxygen atoms in total. The molecule has 0 radical (unpaired) electrons. The van der Waals surface area contributed by atoms with Crippen LogP contribution in [0, 0.1) is 0 Å². The lowest BCUT2D eigenvalue weighted by atomic mass is 9.69. The Hall–Kier alpha value is -4.10. The van der Waals surface area contributed by atoms with E-state index in [1.807, 2.05) is 0 Å². The highest BCUT2D eigenvalue weighted by atomic mass is 15.1. The van der Waals surface area contributed by atoms with E-state index >= 15 is 0 Å². The number of anilines is 3. The second-order valence-corrected chi connectivity index (χ2v) is 20.5. The molecule has 0 N–H and O–H groups in total. The van der Waals surface area contributed by atoms with Crippen molar-refractivity contribution in [3.63, 3.8) is 0 Å². The van der Waals surface area contributed by atoms with Gasteiger partial charge in [-0.15, -0.1) is 0 Å². The van der Waals surface area contributed by atoms with Crippen molar-refractivity contribution >= 4 is 17.1 Å². The number of hydrogen-bond donors (Lipinski definition) is 0. The molecule has 0 amide bonds. The molecule has 1 aliphatic rings. The van der Waals surface area contributed by atoms with Crippen LogP contribution in [0.4, 0.5) is 17.1 Å². The molecule has 0 aromatic heterocycles. The van der Waals surface area contributed by atoms with Crippen LogP contribution >= 0.6 is 0 Å². The van der Waals surface area contributed by atoms with Crippen LogP contribution in [0.25, 0.3) is 22.3 Å². The van der Waals surface area contributed by atoms with E-state index in [-0.39, 0.29) is 16.2 Å². The van der Waals surface area contributed by atoms with Crippen molar-refractivity contribution in [1.82, 2.24) is 0 Å². The SMILES string of the molecule is CCCCCCCCC1(CCCCCCCC)c2cc(-c3ccc(N(c4ccc(C(C)CC)cc4)c4ccc(C(C)(C)CC)cc4)cc3)ccc2-c2ccc(C(C)(C)C)cc21. The standard InChI is InChI=1S/C60H81N/c1-11-15-17-19-21-23-41-60(42-24-22-20-18-16-12-2)56-43-48(29-39-54(56)55-40-32-50(44-57(55)60)58(6,7)8)47-27-35-52(36-28-47)61(51-33-25-46(26-34-51)45(5)13-3)53-37-30-49(31-38-53)59(9,10)14-4/h25-40,43-45H,11-24,41-42H2,1-10H3. The van der Waals surface area contributed by atoms with Crippen molar-refractivity contribution in [3.8, 4) is 22.3 Å². The van der Waals surface area contributed by atoms with Crippen LogP contribution < -0.4 is 4.90 Å². The van der Waals surface area contributed by atoms with Crippen LogP contribution in [0.15, 0.2) is 109 Å². The Morgan fingerprint density at radius 3 is 1.43 bits per heavy atom. The van der Waals surface area contributed by atoms with Gasteiger partial charge in [-0.05, 0) is 135 Å². The molecule has 1 heteroatoms. The summed E-state index contributed by atoms with van der Waals surface area (Å²) < 4.78 is 0. The van der Waals surface area contributed by atoms with Gasteiger partial charge < -0.3 is 4.90 Å². The number of rotatable bonds is 22. The first-order valence-electron chi connectivity index (χ1n) is 24.8. The van der Waals surface area contributed by atoms with Crippen molar-refractivity contribution < 1.29 is 0 Å². The molecular formula is C60H81N. The molecule has 5 aromatic rings. The van der Waals surface area contributed by atoms with Crippen LogP contribution in [0.1, 0.15) is 206 Å². The normalized spacial score (nSPS) is 13.9. The molecule has 6 rings (SSSR count). The summed E-state index contributed by atoms with van der Waals surface area (Å²) in [5, 5.41) is 0. The molecule has 0 saturated carbocycles. The maximum Gasteiger partial charge on any atom is 0.0462 e. The average Bonchev–Trinajstić information content (AvgIpc) is 3.54. The Morgan fingerprint density at radius 2 is 0.918 bits per heavy atom. The second kappa shape index (κ2) is 20.8. The lowest BCUT2D eigenvalue weighted by Crippen LogP contribution is -2.26. The Balaban J connectivity index is 1.39. The van der Waals surface area contributed by atoms with E-state index in [2.05, 4.69) is 183 Å². The zero-order valence-electron chi connectivity index (χ0n) is 40.2. The Labute approximate surface area is 373 Å². The monoisotopic (exact) mass is 816 g/mol. The van der Waals surface area contributed by atoms with E-state index in [9.17, 15) is 0 Å². The van der Waals surface area contributed by atoms with Crippen LogP contribution in [0.2, 0.25) is 0 Å². The quantitative estimate of drug-likeness (QED) is 0.0629. The van der Waals surface area contributed by atoms with Gasteiger partial charge in [-0.1, -0.05) is 213 Å². The van der Waals surface area contributed by atoms with Gasteiger partial charge in [0.1, 0.15) is 0 Å². The minimum absolute atomic E-state index is 0.0497. The first-order chi connectivity index (χ1) is 29.4. The third kappa shape index (κ3) is 10.8. The highest BCUT2D eigenvalue weighted by Crippen LogP contribution is 2.56. The van der Waals surface area contributed by atoms with Gasteiger partial charge in [0.25, 0.3) is 0 Å². The minimum Gasteiger partial charge on any atom is -0.311 e. The van der Waals surface area contributed by atoms with Crippen molar-refractivity contribution in [1.29, 1.82) is 0 Å². The molecule has 0 saturated heterocycles. The molecule has 0 spiro atoms. The predicted molar refractivity (Wildman–Crippen MR) is 269 cm³/mol. The van der Waals surface area contributed by atoms with E-state index in [0.717, 1.165) is 12.8 Å². The molecule has 0 aliphatic heterocycles. The molecule has 0 bridgehead atoms. The molecule has 1 unspecified atom stereocenters. The lowest BCUT2D eigenvalue weighted by molar-refractivity contribution is 0.397. The molecule has 1 atom stereocenters. The summed E-state index contributed by atoms with van der Waals surface area (Å²) in [6, 6.07) is 43.1. The van der Waals surface area contributed by atoms with E-state index < -0.39 is 0 Å².